The third-order valence-corrected chi connectivity index (χ3v) is 1.13. The highest BCUT2D eigenvalue weighted by Gasteiger charge is 2.02. The van der Waals surface area contributed by atoms with Gasteiger partial charge in [0.25, 0.3) is 0 Å². The summed E-state index contributed by atoms with van der Waals surface area (Å²) >= 11 is 0. The molecule has 0 fully saturated rings. The van der Waals surface area contributed by atoms with Crippen LogP contribution in [0, 0.1) is 6.92 Å². The van der Waals surface area contributed by atoms with E-state index in [1.807, 2.05) is 6.92 Å². The van der Waals surface area contributed by atoms with Crippen molar-refractivity contribution in [2.75, 3.05) is 0 Å². The Morgan fingerprint density at radius 3 is 2.20 bits per heavy atom. The molecule has 0 saturated heterocycles. The van der Waals surface area contributed by atoms with Crippen LogP contribution >= 0.6 is 0 Å². The molecule has 0 saturated carbocycles. The summed E-state index contributed by atoms with van der Waals surface area (Å²) in [5, 5.41) is 6.77. The molecular formula is C7H15N3. The maximum absolute atomic E-state index is 4.14. The van der Waals surface area contributed by atoms with E-state index in [4.69, 9.17) is 0 Å². The molecule has 1 rings (SSSR count). The van der Waals surface area contributed by atoms with Gasteiger partial charge in [-0.05, 0) is 6.92 Å². The lowest BCUT2D eigenvalue weighted by Gasteiger charge is -1.92. The fourth-order valence-electron chi connectivity index (χ4n) is 0.618. The van der Waals surface area contributed by atoms with Gasteiger partial charge in [0.2, 0.25) is 0 Å². The van der Waals surface area contributed by atoms with Crippen LogP contribution in [0.1, 0.15) is 38.8 Å². The zero-order valence-electron chi connectivity index (χ0n) is 5.97. The third kappa shape index (κ3) is 1.83. The lowest BCUT2D eigenvalue weighted by Crippen LogP contribution is -1.89. The maximum Gasteiger partial charge on any atom is 0.153 e. The molecule has 3 nitrogen and oxygen atoms in total. The average Bonchev–Trinajstić information content (AvgIpc) is 2.14. The molecule has 0 aliphatic rings. The molecule has 1 heterocycles. The molecule has 58 valence electrons. The number of nitrogens with zero attached hydrogens (tertiary/aromatic N) is 2. The molecule has 0 radical (unpaired) electrons. The van der Waals surface area contributed by atoms with Crippen LogP contribution in [0.5, 0.6) is 0 Å². The van der Waals surface area contributed by atoms with E-state index in [0.717, 1.165) is 11.6 Å². The fourth-order valence-corrected chi connectivity index (χ4v) is 0.618. The van der Waals surface area contributed by atoms with E-state index in [1.54, 1.807) is 0 Å². The van der Waals surface area contributed by atoms with Gasteiger partial charge in [-0.15, -0.1) is 0 Å². The molecule has 0 aliphatic carbocycles. The number of aromatic amines is 1. The number of nitrogens with one attached hydrogen (secondary N) is 1. The van der Waals surface area contributed by atoms with E-state index >= 15 is 0 Å². The number of hydrogen-bond donors (Lipinski definition) is 1. The lowest BCUT2D eigenvalue weighted by atomic mass is 10.2. The van der Waals surface area contributed by atoms with Gasteiger partial charge in [0.15, 0.2) is 5.82 Å². The average molecular weight is 141 g/mol. The van der Waals surface area contributed by atoms with Crippen molar-refractivity contribution in [3.8, 4) is 0 Å². The Labute approximate surface area is 61.9 Å². The molecule has 0 unspecified atom stereocenters. The van der Waals surface area contributed by atoms with Crippen molar-refractivity contribution in [1.29, 1.82) is 0 Å². The Bertz CT molecular complexity index is 190. The minimum absolute atomic E-state index is 0. The van der Waals surface area contributed by atoms with Gasteiger partial charge in [-0.3, -0.25) is 5.10 Å². The van der Waals surface area contributed by atoms with Crippen molar-refractivity contribution in [3.63, 3.8) is 0 Å². The first-order valence-electron chi connectivity index (χ1n) is 3.09. The topological polar surface area (TPSA) is 41.6 Å². The minimum Gasteiger partial charge on any atom is -0.263 e. The van der Waals surface area contributed by atoms with Crippen LogP contribution in [-0.2, 0) is 0 Å². The predicted octanol–water partition coefficient (Wildman–Crippen LogP) is 1.87. The van der Waals surface area contributed by atoms with Crippen molar-refractivity contribution < 1.29 is 0 Å². The van der Waals surface area contributed by atoms with Crippen molar-refractivity contribution in [3.05, 3.63) is 11.6 Å². The smallest absolute Gasteiger partial charge is 0.153 e. The number of H-pyrrole nitrogens is 1. The summed E-state index contributed by atoms with van der Waals surface area (Å²) in [6.07, 6.45) is 0. The molecule has 0 aliphatic heterocycles. The lowest BCUT2D eigenvalue weighted by molar-refractivity contribution is 0.780. The van der Waals surface area contributed by atoms with E-state index < -0.39 is 0 Å². The third-order valence-electron chi connectivity index (χ3n) is 1.13. The molecule has 0 spiro atoms. The molecule has 0 aromatic carbocycles. The van der Waals surface area contributed by atoms with E-state index in [9.17, 15) is 0 Å². The first-order chi connectivity index (χ1) is 4.20. The van der Waals surface area contributed by atoms with Crippen LogP contribution in [0.15, 0.2) is 0 Å². The molecule has 1 aromatic heterocycles. The molecule has 1 aromatic rings. The number of aromatic nitrogens is 3. The summed E-state index contributed by atoms with van der Waals surface area (Å²) in [5.41, 5.74) is 0. The standard InChI is InChI=1S/C6H11N3.CH4/c1-4(2)6-7-5(3)8-9-6;/h4H,1-3H3,(H,7,8,9);1H4. The van der Waals surface area contributed by atoms with Crippen LogP contribution in [0.2, 0.25) is 0 Å². The monoisotopic (exact) mass is 141 g/mol. The number of rotatable bonds is 1. The van der Waals surface area contributed by atoms with Crippen molar-refractivity contribution in [1.82, 2.24) is 15.2 Å². The zero-order valence-corrected chi connectivity index (χ0v) is 5.97. The van der Waals surface area contributed by atoms with E-state index in [0.29, 0.717) is 5.92 Å². The summed E-state index contributed by atoms with van der Waals surface area (Å²) in [7, 11) is 0. The van der Waals surface area contributed by atoms with Gasteiger partial charge in [0.05, 0.1) is 0 Å². The molecule has 0 atom stereocenters. The van der Waals surface area contributed by atoms with Crippen molar-refractivity contribution in [2.45, 2.75) is 34.1 Å². The molecular weight excluding hydrogens is 126 g/mol. The highest BCUT2D eigenvalue weighted by Crippen LogP contribution is 2.06. The summed E-state index contributed by atoms with van der Waals surface area (Å²) in [6, 6.07) is 0. The maximum atomic E-state index is 4.14. The van der Waals surface area contributed by atoms with Crippen LogP contribution < -0.4 is 0 Å². The Morgan fingerprint density at radius 1 is 1.40 bits per heavy atom. The minimum atomic E-state index is 0. The van der Waals surface area contributed by atoms with Crippen LogP contribution in [0.25, 0.3) is 0 Å². The van der Waals surface area contributed by atoms with E-state index in [1.165, 1.54) is 0 Å². The Kier molecular flexibility index (Phi) is 3.06. The van der Waals surface area contributed by atoms with Gasteiger partial charge < -0.3 is 0 Å². The van der Waals surface area contributed by atoms with Crippen molar-refractivity contribution >= 4 is 0 Å². The highest BCUT2D eigenvalue weighted by atomic mass is 15.2. The summed E-state index contributed by atoms with van der Waals surface area (Å²) in [4.78, 5) is 4.14. The van der Waals surface area contributed by atoms with Crippen LogP contribution in [0.3, 0.4) is 0 Å². The van der Waals surface area contributed by atoms with Crippen LogP contribution in [0.4, 0.5) is 0 Å². The molecule has 0 amide bonds. The first kappa shape index (κ1) is 9.14. The Balaban J connectivity index is 0.000000810. The zero-order chi connectivity index (χ0) is 6.85. The second-order valence-electron chi connectivity index (χ2n) is 2.43. The van der Waals surface area contributed by atoms with Gasteiger partial charge in [-0.25, -0.2) is 4.98 Å². The Morgan fingerprint density at radius 2 is 2.00 bits per heavy atom. The van der Waals surface area contributed by atoms with Gasteiger partial charge in [0, 0.05) is 5.92 Å². The SMILES string of the molecule is C.Cc1nc(C(C)C)n[nH]1. The van der Waals surface area contributed by atoms with Gasteiger partial charge >= 0.3 is 0 Å². The predicted molar refractivity (Wildman–Crippen MR) is 41.9 cm³/mol. The van der Waals surface area contributed by atoms with E-state index in [-0.39, 0.29) is 7.43 Å². The van der Waals surface area contributed by atoms with Crippen LogP contribution in [-0.4, -0.2) is 15.2 Å². The highest BCUT2D eigenvalue weighted by molar-refractivity contribution is 4.92. The number of hydrogen-bond acceptors (Lipinski definition) is 2. The Hall–Kier alpha value is -0.860. The quantitative estimate of drug-likeness (QED) is 0.648. The molecule has 10 heavy (non-hydrogen) atoms. The number of aryl methyl sites for hydroxylation is 1. The largest absolute Gasteiger partial charge is 0.263 e. The van der Waals surface area contributed by atoms with Gasteiger partial charge in [-0.2, -0.15) is 5.10 Å². The van der Waals surface area contributed by atoms with Gasteiger partial charge in [0.1, 0.15) is 5.82 Å². The second-order valence-corrected chi connectivity index (χ2v) is 2.43. The molecule has 3 heteroatoms. The van der Waals surface area contributed by atoms with E-state index in [2.05, 4.69) is 29.0 Å². The summed E-state index contributed by atoms with van der Waals surface area (Å²) in [6.45, 7) is 6.05. The first-order valence-corrected chi connectivity index (χ1v) is 3.09. The summed E-state index contributed by atoms with van der Waals surface area (Å²) < 4.78 is 0. The van der Waals surface area contributed by atoms with Crippen molar-refractivity contribution in [2.24, 2.45) is 0 Å². The normalized spacial score (nSPS) is 9.60. The second kappa shape index (κ2) is 3.34. The molecule has 1 N–H and O–H groups in total. The molecule has 0 bridgehead atoms. The summed E-state index contributed by atoms with van der Waals surface area (Å²) in [5.74, 6) is 2.21. The fraction of sp³-hybridized carbons (Fsp3) is 0.714. The van der Waals surface area contributed by atoms with Gasteiger partial charge in [-0.1, -0.05) is 21.3 Å².